The molecule has 1 aromatic carbocycles. The first-order chi connectivity index (χ1) is 8.36. The van der Waals surface area contributed by atoms with E-state index in [0.717, 1.165) is 0 Å². The molecule has 0 aromatic heterocycles. The number of rotatable bonds is 6. The van der Waals surface area contributed by atoms with Gasteiger partial charge in [-0.05, 0) is 18.2 Å². The zero-order chi connectivity index (χ0) is 13.8. The van der Waals surface area contributed by atoms with Gasteiger partial charge in [-0.1, -0.05) is 22.0 Å². The fourth-order valence-corrected chi connectivity index (χ4v) is 2.80. The van der Waals surface area contributed by atoms with Gasteiger partial charge in [-0.15, -0.1) is 0 Å². The molecule has 0 radical (unpaired) electrons. The number of hydrogen-bond donors (Lipinski definition) is 2. The SMILES string of the molecule is COC(CNS(=O)(=O)c1cccc(Br)c1)C(=O)O. The molecule has 1 aromatic rings. The first-order valence-corrected chi connectivity index (χ1v) is 7.15. The lowest BCUT2D eigenvalue weighted by molar-refractivity contribution is -0.147. The molecule has 0 aliphatic carbocycles. The lowest BCUT2D eigenvalue weighted by atomic mass is 10.4. The average molecular weight is 338 g/mol. The van der Waals surface area contributed by atoms with Crippen molar-refractivity contribution in [3.63, 3.8) is 0 Å². The molecule has 0 aliphatic heterocycles. The van der Waals surface area contributed by atoms with Crippen LogP contribution in [-0.2, 0) is 19.6 Å². The van der Waals surface area contributed by atoms with Crippen LogP contribution in [0.15, 0.2) is 33.6 Å². The Bertz CT molecular complexity index is 531. The van der Waals surface area contributed by atoms with E-state index in [0.29, 0.717) is 4.47 Å². The van der Waals surface area contributed by atoms with E-state index in [4.69, 9.17) is 5.11 Å². The normalized spacial score (nSPS) is 13.2. The van der Waals surface area contributed by atoms with Crippen LogP contribution in [0.25, 0.3) is 0 Å². The summed E-state index contributed by atoms with van der Waals surface area (Å²) in [7, 11) is -2.54. The minimum atomic E-state index is -3.74. The van der Waals surface area contributed by atoms with E-state index in [9.17, 15) is 13.2 Å². The molecule has 1 atom stereocenters. The molecular weight excluding hydrogens is 326 g/mol. The molecule has 0 bridgehead atoms. The van der Waals surface area contributed by atoms with Crippen LogP contribution >= 0.6 is 15.9 Å². The molecular formula is C10H12BrNO5S. The van der Waals surface area contributed by atoms with E-state index in [2.05, 4.69) is 25.4 Å². The molecule has 1 rings (SSSR count). The minimum absolute atomic E-state index is 0.0529. The molecule has 0 spiro atoms. The highest BCUT2D eigenvalue weighted by molar-refractivity contribution is 9.10. The zero-order valence-electron chi connectivity index (χ0n) is 9.46. The lowest BCUT2D eigenvalue weighted by Gasteiger charge is -2.12. The Morgan fingerprint density at radius 2 is 2.22 bits per heavy atom. The van der Waals surface area contributed by atoms with Crippen molar-refractivity contribution in [1.29, 1.82) is 0 Å². The number of carboxylic acids is 1. The van der Waals surface area contributed by atoms with E-state index >= 15 is 0 Å². The van der Waals surface area contributed by atoms with Gasteiger partial charge in [0.15, 0.2) is 6.10 Å². The van der Waals surface area contributed by atoms with E-state index in [1.54, 1.807) is 12.1 Å². The number of ether oxygens (including phenoxy) is 1. The summed E-state index contributed by atoms with van der Waals surface area (Å²) in [5.41, 5.74) is 0. The van der Waals surface area contributed by atoms with Crippen LogP contribution in [0.2, 0.25) is 0 Å². The Morgan fingerprint density at radius 1 is 1.56 bits per heavy atom. The van der Waals surface area contributed by atoms with Crippen molar-refractivity contribution in [2.75, 3.05) is 13.7 Å². The number of methoxy groups -OCH3 is 1. The van der Waals surface area contributed by atoms with Crippen LogP contribution in [0.3, 0.4) is 0 Å². The number of halogens is 1. The number of carbonyl (C=O) groups is 1. The highest BCUT2D eigenvalue weighted by Gasteiger charge is 2.21. The van der Waals surface area contributed by atoms with Crippen molar-refractivity contribution in [2.45, 2.75) is 11.0 Å². The predicted molar refractivity (Wildman–Crippen MR) is 67.8 cm³/mol. The third-order valence-electron chi connectivity index (χ3n) is 2.13. The Morgan fingerprint density at radius 3 is 2.72 bits per heavy atom. The fraction of sp³-hybridized carbons (Fsp3) is 0.300. The minimum Gasteiger partial charge on any atom is -0.479 e. The quantitative estimate of drug-likeness (QED) is 0.801. The second kappa shape index (κ2) is 6.28. The summed E-state index contributed by atoms with van der Waals surface area (Å²) in [6, 6.07) is 6.10. The molecule has 1 unspecified atom stereocenters. The van der Waals surface area contributed by atoms with Crippen molar-refractivity contribution in [3.05, 3.63) is 28.7 Å². The van der Waals surface area contributed by atoms with Crippen molar-refractivity contribution in [3.8, 4) is 0 Å². The second-order valence-electron chi connectivity index (χ2n) is 3.37. The maximum Gasteiger partial charge on any atom is 0.334 e. The van der Waals surface area contributed by atoms with Crippen LogP contribution in [0, 0.1) is 0 Å². The monoisotopic (exact) mass is 337 g/mol. The van der Waals surface area contributed by atoms with Gasteiger partial charge in [-0.3, -0.25) is 0 Å². The zero-order valence-corrected chi connectivity index (χ0v) is 11.9. The molecule has 0 heterocycles. The van der Waals surface area contributed by atoms with Crippen LogP contribution in [-0.4, -0.2) is 39.3 Å². The van der Waals surface area contributed by atoms with Gasteiger partial charge in [0.25, 0.3) is 0 Å². The predicted octanol–water partition coefficient (Wildman–Crippen LogP) is 0.827. The Hall–Kier alpha value is -0.960. The Kier molecular flexibility index (Phi) is 5.27. The van der Waals surface area contributed by atoms with Gasteiger partial charge < -0.3 is 9.84 Å². The smallest absolute Gasteiger partial charge is 0.334 e. The van der Waals surface area contributed by atoms with Crippen molar-refractivity contribution >= 4 is 31.9 Å². The Labute approximate surface area is 113 Å². The van der Waals surface area contributed by atoms with Gasteiger partial charge in [0.05, 0.1) is 4.90 Å². The first-order valence-electron chi connectivity index (χ1n) is 4.87. The van der Waals surface area contributed by atoms with Crippen molar-refractivity contribution < 1.29 is 23.1 Å². The number of nitrogens with one attached hydrogen (secondary N) is 1. The van der Waals surface area contributed by atoms with Crippen molar-refractivity contribution in [1.82, 2.24) is 4.72 Å². The molecule has 0 amide bonds. The van der Waals surface area contributed by atoms with Crippen LogP contribution in [0.5, 0.6) is 0 Å². The molecule has 6 nitrogen and oxygen atoms in total. The van der Waals surface area contributed by atoms with Crippen molar-refractivity contribution in [2.24, 2.45) is 0 Å². The summed E-state index contributed by atoms with van der Waals surface area (Å²) in [4.78, 5) is 10.7. The number of carboxylic acid groups (broad SMARTS) is 1. The second-order valence-corrected chi connectivity index (χ2v) is 6.05. The maximum atomic E-state index is 11.8. The summed E-state index contributed by atoms with van der Waals surface area (Å²) in [5, 5.41) is 8.72. The summed E-state index contributed by atoms with van der Waals surface area (Å²) >= 11 is 3.16. The topological polar surface area (TPSA) is 92.7 Å². The van der Waals surface area contributed by atoms with Gasteiger partial charge in [-0.2, -0.15) is 0 Å². The molecule has 8 heteroatoms. The highest BCUT2D eigenvalue weighted by atomic mass is 79.9. The van der Waals surface area contributed by atoms with E-state index in [1.165, 1.54) is 19.2 Å². The maximum absolute atomic E-state index is 11.8. The standard InChI is InChI=1S/C10H12BrNO5S/c1-17-9(10(13)14)6-12-18(15,16)8-4-2-3-7(11)5-8/h2-5,9,12H,6H2,1H3,(H,13,14). The number of hydrogen-bond acceptors (Lipinski definition) is 4. The third-order valence-corrected chi connectivity index (χ3v) is 4.04. The lowest BCUT2D eigenvalue weighted by Crippen LogP contribution is -2.37. The third kappa shape index (κ3) is 4.05. The summed E-state index contributed by atoms with van der Waals surface area (Å²) in [6.45, 7) is -0.333. The number of sulfonamides is 1. The number of aliphatic carboxylic acids is 1. The van der Waals surface area contributed by atoms with Gasteiger partial charge in [-0.25, -0.2) is 17.9 Å². The summed E-state index contributed by atoms with van der Waals surface area (Å²) in [5.74, 6) is -1.23. The van der Waals surface area contributed by atoms with Gasteiger partial charge in [0, 0.05) is 18.1 Å². The molecule has 0 fully saturated rings. The average Bonchev–Trinajstić information content (AvgIpc) is 2.29. The van der Waals surface area contributed by atoms with E-state index in [1.807, 2.05) is 0 Å². The van der Waals surface area contributed by atoms with Gasteiger partial charge in [0.1, 0.15) is 0 Å². The molecule has 2 N–H and O–H groups in total. The fourth-order valence-electron chi connectivity index (χ4n) is 1.17. The molecule has 0 aliphatic rings. The molecule has 0 saturated carbocycles. The Balaban J connectivity index is 2.80. The van der Waals surface area contributed by atoms with E-state index < -0.39 is 22.1 Å². The van der Waals surface area contributed by atoms with Crippen LogP contribution in [0.4, 0.5) is 0 Å². The number of benzene rings is 1. The van der Waals surface area contributed by atoms with E-state index in [-0.39, 0.29) is 11.4 Å². The van der Waals surface area contributed by atoms with Crippen LogP contribution in [0.1, 0.15) is 0 Å². The molecule has 100 valence electrons. The largest absolute Gasteiger partial charge is 0.479 e. The first kappa shape index (κ1) is 15.1. The van der Waals surface area contributed by atoms with Gasteiger partial charge in [0.2, 0.25) is 10.0 Å². The van der Waals surface area contributed by atoms with Crippen LogP contribution < -0.4 is 4.72 Å². The molecule has 0 saturated heterocycles. The van der Waals surface area contributed by atoms with Gasteiger partial charge >= 0.3 is 5.97 Å². The molecule has 18 heavy (non-hydrogen) atoms. The summed E-state index contributed by atoms with van der Waals surface area (Å²) in [6.07, 6.45) is -1.22. The summed E-state index contributed by atoms with van der Waals surface area (Å²) < 4.78 is 31.1. The highest BCUT2D eigenvalue weighted by Crippen LogP contribution is 2.15.